The van der Waals surface area contributed by atoms with Crippen molar-refractivity contribution in [2.75, 3.05) is 20.8 Å². The summed E-state index contributed by atoms with van der Waals surface area (Å²) in [5.74, 6) is -1.25. The average molecular weight is 571 g/mol. The molecule has 3 atom stereocenters. The maximum atomic E-state index is 13.7. The third kappa shape index (κ3) is 9.69. The van der Waals surface area contributed by atoms with Gasteiger partial charge in [0.25, 0.3) is 5.91 Å². The number of amides is 2. The second-order valence-corrected chi connectivity index (χ2v) is 9.18. The molecule has 14 heteroatoms. The van der Waals surface area contributed by atoms with Gasteiger partial charge in [-0.15, -0.1) is 0 Å². The van der Waals surface area contributed by atoms with Crippen LogP contribution in [0, 0.1) is 5.41 Å². The maximum absolute atomic E-state index is 13.7. The number of phenols is 1. The number of benzene rings is 2. The predicted molar refractivity (Wildman–Crippen MR) is 153 cm³/mol. The highest BCUT2D eigenvalue weighted by atomic mass is 16.5. The molecule has 2 amide bonds. The molecule has 0 fully saturated rings. The molecule has 222 valence electrons. The fraction of sp³-hybridized carbons (Fsp3) is 0.370. The van der Waals surface area contributed by atoms with Crippen LogP contribution < -0.4 is 37.7 Å². The van der Waals surface area contributed by atoms with Gasteiger partial charge in [-0.1, -0.05) is 18.2 Å². The van der Waals surface area contributed by atoms with Crippen LogP contribution in [0.2, 0.25) is 0 Å². The Morgan fingerprint density at radius 1 is 1.05 bits per heavy atom. The van der Waals surface area contributed by atoms with E-state index in [9.17, 15) is 19.5 Å². The van der Waals surface area contributed by atoms with Crippen LogP contribution in [0.25, 0.3) is 0 Å². The molecule has 0 aromatic heterocycles. The van der Waals surface area contributed by atoms with Gasteiger partial charge < -0.3 is 47.6 Å². The number of aromatic hydroxyl groups is 1. The van der Waals surface area contributed by atoms with Crippen molar-refractivity contribution in [2.45, 2.75) is 43.8 Å². The largest absolute Gasteiger partial charge is 0.508 e. The number of methoxy groups -OCH3 is 2. The topological polar surface area (TPSA) is 245 Å². The number of aldehydes is 1. The van der Waals surface area contributed by atoms with Crippen molar-refractivity contribution in [3.8, 4) is 17.2 Å². The molecule has 14 nitrogen and oxygen atoms in total. The van der Waals surface area contributed by atoms with Crippen LogP contribution in [0.4, 0.5) is 0 Å². The molecule has 0 bridgehead atoms. The number of guanidine groups is 2. The lowest BCUT2D eigenvalue weighted by molar-refractivity contribution is -0.136. The minimum absolute atomic E-state index is 0.00417. The number of hydrogen-bond donors (Lipinski definition) is 7. The molecule has 41 heavy (non-hydrogen) atoms. The number of phenolic OH excluding ortho intramolecular Hbond substituents is 1. The number of carbonyl (C=O) groups is 3. The molecule has 2 aromatic carbocycles. The SMILES string of the molecule is COc1ccc(C[C@@H](C=O)N(C(=N)N)C(=O)[C@@H](CCCN=C(N)N)NC(=O)[C@@H](N)Cc2ccc(O)cc2)cc1OC. The van der Waals surface area contributed by atoms with Gasteiger partial charge in [0.15, 0.2) is 23.4 Å². The zero-order chi connectivity index (χ0) is 30.5. The molecule has 0 unspecified atom stereocenters. The van der Waals surface area contributed by atoms with E-state index in [0.29, 0.717) is 28.9 Å². The Hall–Kier alpha value is -4.85. The molecular formula is C27H38N8O6. The van der Waals surface area contributed by atoms with Crippen molar-refractivity contribution in [3.63, 3.8) is 0 Å². The van der Waals surface area contributed by atoms with Gasteiger partial charge in [-0.2, -0.15) is 0 Å². The Balaban J connectivity index is 2.29. The van der Waals surface area contributed by atoms with Crippen molar-refractivity contribution in [1.29, 1.82) is 5.41 Å². The van der Waals surface area contributed by atoms with Crippen LogP contribution in [-0.4, -0.2) is 78.9 Å². The Morgan fingerprint density at radius 3 is 2.24 bits per heavy atom. The summed E-state index contributed by atoms with van der Waals surface area (Å²) in [6, 6.07) is 7.79. The van der Waals surface area contributed by atoms with Crippen molar-refractivity contribution in [3.05, 3.63) is 53.6 Å². The molecule has 0 aliphatic heterocycles. The van der Waals surface area contributed by atoms with Crippen molar-refractivity contribution >= 4 is 30.0 Å². The van der Waals surface area contributed by atoms with E-state index < -0.39 is 35.9 Å². The highest BCUT2D eigenvalue weighted by molar-refractivity contribution is 6.01. The molecule has 0 spiro atoms. The van der Waals surface area contributed by atoms with Gasteiger partial charge in [-0.05, 0) is 54.7 Å². The van der Waals surface area contributed by atoms with E-state index in [0.717, 1.165) is 4.90 Å². The van der Waals surface area contributed by atoms with Crippen LogP contribution in [0.5, 0.6) is 17.2 Å². The molecule has 0 radical (unpaired) electrons. The molecular weight excluding hydrogens is 532 g/mol. The smallest absolute Gasteiger partial charge is 0.252 e. The average Bonchev–Trinajstić information content (AvgIpc) is 2.94. The fourth-order valence-electron chi connectivity index (χ4n) is 4.10. The quantitative estimate of drug-likeness (QED) is 0.0617. The molecule has 0 aliphatic rings. The van der Waals surface area contributed by atoms with E-state index in [1.807, 2.05) is 0 Å². The molecule has 2 aromatic rings. The zero-order valence-electron chi connectivity index (χ0n) is 23.1. The number of nitrogens with two attached hydrogens (primary N) is 4. The summed E-state index contributed by atoms with van der Waals surface area (Å²) >= 11 is 0. The Bertz CT molecular complexity index is 1230. The summed E-state index contributed by atoms with van der Waals surface area (Å²) in [5.41, 5.74) is 24.0. The van der Waals surface area contributed by atoms with Crippen LogP contribution in [0.15, 0.2) is 47.5 Å². The monoisotopic (exact) mass is 570 g/mol. The number of rotatable bonds is 15. The van der Waals surface area contributed by atoms with E-state index in [2.05, 4.69) is 10.3 Å². The van der Waals surface area contributed by atoms with E-state index in [1.54, 1.807) is 30.3 Å². The van der Waals surface area contributed by atoms with Crippen LogP contribution >= 0.6 is 0 Å². The summed E-state index contributed by atoms with van der Waals surface area (Å²) < 4.78 is 10.5. The Kier molecular flexibility index (Phi) is 12.4. The highest BCUT2D eigenvalue weighted by Gasteiger charge is 2.33. The summed E-state index contributed by atoms with van der Waals surface area (Å²) in [4.78, 5) is 43.6. The lowest BCUT2D eigenvalue weighted by atomic mass is 10.0. The molecule has 2 rings (SSSR count). The lowest BCUT2D eigenvalue weighted by Gasteiger charge is -2.31. The number of nitrogens with zero attached hydrogens (tertiary/aromatic N) is 2. The van der Waals surface area contributed by atoms with Gasteiger partial charge in [-0.3, -0.25) is 24.9 Å². The normalized spacial score (nSPS) is 12.8. The molecule has 0 aliphatic carbocycles. The van der Waals surface area contributed by atoms with Crippen LogP contribution in [0.3, 0.4) is 0 Å². The van der Waals surface area contributed by atoms with Gasteiger partial charge in [-0.25, -0.2) is 0 Å². The molecule has 0 heterocycles. The van der Waals surface area contributed by atoms with Gasteiger partial charge in [0.2, 0.25) is 5.91 Å². The highest BCUT2D eigenvalue weighted by Crippen LogP contribution is 2.28. The van der Waals surface area contributed by atoms with Crippen LogP contribution in [-0.2, 0) is 27.2 Å². The summed E-state index contributed by atoms with van der Waals surface area (Å²) in [7, 11) is 2.95. The van der Waals surface area contributed by atoms with Gasteiger partial charge in [0.05, 0.1) is 26.3 Å². The summed E-state index contributed by atoms with van der Waals surface area (Å²) in [6.45, 7) is 0.171. The van der Waals surface area contributed by atoms with Crippen molar-refractivity contribution < 1.29 is 29.0 Å². The number of nitrogens with one attached hydrogen (secondary N) is 2. The second-order valence-electron chi connectivity index (χ2n) is 9.18. The first kappa shape index (κ1) is 32.4. The Morgan fingerprint density at radius 2 is 1.68 bits per heavy atom. The van der Waals surface area contributed by atoms with E-state index in [1.165, 1.54) is 26.4 Å². The van der Waals surface area contributed by atoms with Crippen molar-refractivity contribution in [1.82, 2.24) is 10.2 Å². The van der Waals surface area contributed by atoms with Gasteiger partial charge in [0.1, 0.15) is 18.1 Å². The number of carbonyl (C=O) groups excluding carboxylic acids is 3. The van der Waals surface area contributed by atoms with E-state index in [4.69, 9.17) is 37.8 Å². The number of ether oxygens (including phenoxy) is 2. The maximum Gasteiger partial charge on any atom is 0.252 e. The Labute approximate surface area is 238 Å². The molecule has 0 saturated carbocycles. The third-order valence-electron chi connectivity index (χ3n) is 6.17. The second kappa shape index (κ2) is 15.7. The first-order chi connectivity index (χ1) is 19.5. The minimum Gasteiger partial charge on any atom is -0.508 e. The number of hydrogen-bond acceptors (Lipinski definition) is 9. The summed E-state index contributed by atoms with van der Waals surface area (Å²) in [6.07, 6.45) is 0.997. The first-order valence-corrected chi connectivity index (χ1v) is 12.7. The lowest BCUT2D eigenvalue weighted by Crippen LogP contribution is -2.58. The minimum atomic E-state index is -1.20. The molecule has 11 N–H and O–H groups in total. The van der Waals surface area contributed by atoms with E-state index in [-0.39, 0.29) is 43.9 Å². The zero-order valence-corrected chi connectivity index (χ0v) is 23.1. The summed E-state index contributed by atoms with van der Waals surface area (Å²) in [5, 5.41) is 20.2. The van der Waals surface area contributed by atoms with Gasteiger partial charge >= 0.3 is 0 Å². The first-order valence-electron chi connectivity index (χ1n) is 12.7. The predicted octanol–water partition coefficient (Wildman–Crippen LogP) is -0.650. The fourth-order valence-corrected chi connectivity index (χ4v) is 4.10. The van der Waals surface area contributed by atoms with Crippen molar-refractivity contribution in [2.24, 2.45) is 27.9 Å². The number of aliphatic imine (C=N–C) groups is 1. The standard InChI is InChI=1S/C27H38N8O6/c1-40-22-10-7-17(14-23(22)41-2)12-18(15-36)35(27(31)32)25(39)21(4-3-11-33-26(29)30)34-24(38)20(28)13-16-5-8-19(37)9-6-16/h5-10,14-15,18,20-21,37H,3-4,11-13,28H2,1-2H3,(H3,31,32)(H,34,38)(H4,29,30,33)/t18-,20-,21+/m0/s1. The molecule has 0 saturated heterocycles. The van der Waals surface area contributed by atoms with Gasteiger partial charge in [0, 0.05) is 13.0 Å². The van der Waals surface area contributed by atoms with E-state index >= 15 is 0 Å². The third-order valence-corrected chi connectivity index (χ3v) is 6.17. The van der Waals surface area contributed by atoms with Crippen LogP contribution in [0.1, 0.15) is 24.0 Å².